The predicted octanol–water partition coefficient (Wildman–Crippen LogP) is 7.46. The summed E-state index contributed by atoms with van der Waals surface area (Å²) in [7, 11) is 0. The fraction of sp³-hybridized carbons (Fsp3) is 0.135. The molecule has 45 heavy (non-hydrogen) atoms. The van der Waals surface area contributed by atoms with E-state index < -0.39 is 11.7 Å². The Labute approximate surface area is 259 Å². The standard InChI is InChI=1S/C37H32F3N3O2/c38-37(39,40)31-14-6-8-26(23-31)18-19-35(44)43(25-30-13-7-11-28-10-1-2-15-32(28)30)24-27-9-5-12-29(22-27)33-16-3-4-17-34(33)36(45)42-21-20-41/h1-19,22-23H,20-21,24-25,41H2,(H,42,45). The monoisotopic (exact) mass is 607 g/mol. The van der Waals surface area contributed by atoms with Gasteiger partial charge < -0.3 is 16.0 Å². The highest BCUT2D eigenvalue weighted by Crippen LogP contribution is 2.30. The van der Waals surface area contributed by atoms with E-state index in [1.165, 1.54) is 24.3 Å². The van der Waals surface area contributed by atoms with E-state index in [2.05, 4.69) is 5.32 Å². The van der Waals surface area contributed by atoms with Gasteiger partial charge in [0.15, 0.2) is 0 Å². The summed E-state index contributed by atoms with van der Waals surface area (Å²) in [5.74, 6) is -0.582. The minimum absolute atomic E-state index is 0.227. The quantitative estimate of drug-likeness (QED) is 0.162. The number of fused-ring (bicyclic) bond motifs is 1. The van der Waals surface area contributed by atoms with Crippen molar-refractivity contribution >= 4 is 28.7 Å². The number of amides is 2. The molecule has 0 heterocycles. The molecule has 0 saturated heterocycles. The van der Waals surface area contributed by atoms with Gasteiger partial charge in [0.1, 0.15) is 0 Å². The van der Waals surface area contributed by atoms with E-state index in [1.807, 2.05) is 78.9 Å². The fourth-order valence-electron chi connectivity index (χ4n) is 5.21. The van der Waals surface area contributed by atoms with Crippen molar-refractivity contribution in [2.75, 3.05) is 13.1 Å². The third-order valence-corrected chi connectivity index (χ3v) is 7.40. The maximum absolute atomic E-state index is 13.7. The first-order valence-electron chi connectivity index (χ1n) is 14.5. The number of hydrogen-bond acceptors (Lipinski definition) is 3. The van der Waals surface area contributed by atoms with Gasteiger partial charge in [0.05, 0.1) is 5.56 Å². The van der Waals surface area contributed by atoms with Crippen LogP contribution >= 0.6 is 0 Å². The van der Waals surface area contributed by atoms with Gasteiger partial charge >= 0.3 is 6.18 Å². The number of nitrogens with zero attached hydrogens (tertiary/aromatic N) is 1. The Kier molecular flexibility index (Phi) is 9.75. The molecule has 0 spiro atoms. The average Bonchev–Trinajstić information content (AvgIpc) is 3.06. The van der Waals surface area contributed by atoms with E-state index in [-0.39, 0.29) is 30.5 Å². The van der Waals surface area contributed by atoms with E-state index >= 15 is 0 Å². The maximum atomic E-state index is 13.7. The number of benzene rings is 5. The predicted molar refractivity (Wildman–Crippen MR) is 172 cm³/mol. The topological polar surface area (TPSA) is 75.4 Å². The van der Waals surface area contributed by atoms with Crippen molar-refractivity contribution in [1.82, 2.24) is 10.2 Å². The Morgan fingerprint density at radius 2 is 1.53 bits per heavy atom. The second kappa shape index (κ2) is 14.1. The molecule has 0 saturated carbocycles. The number of halogens is 3. The smallest absolute Gasteiger partial charge is 0.351 e. The number of nitrogens with one attached hydrogen (secondary N) is 1. The third kappa shape index (κ3) is 7.85. The summed E-state index contributed by atoms with van der Waals surface area (Å²) in [6.45, 7) is 1.18. The van der Waals surface area contributed by atoms with Crippen LogP contribution in [0.3, 0.4) is 0 Å². The highest BCUT2D eigenvalue weighted by atomic mass is 19.4. The van der Waals surface area contributed by atoms with Crippen LogP contribution in [0.5, 0.6) is 0 Å². The van der Waals surface area contributed by atoms with Crippen LogP contribution in [0.1, 0.15) is 32.6 Å². The lowest BCUT2D eigenvalue weighted by atomic mass is 9.97. The molecule has 0 aliphatic rings. The molecule has 0 aliphatic carbocycles. The molecular weight excluding hydrogens is 575 g/mol. The molecule has 5 aromatic carbocycles. The minimum atomic E-state index is -4.48. The van der Waals surface area contributed by atoms with Crippen LogP contribution in [0.4, 0.5) is 13.2 Å². The lowest BCUT2D eigenvalue weighted by molar-refractivity contribution is -0.137. The second-order valence-corrected chi connectivity index (χ2v) is 10.6. The first-order valence-corrected chi connectivity index (χ1v) is 14.5. The van der Waals surface area contributed by atoms with E-state index in [1.54, 1.807) is 17.0 Å². The molecule has 5 aromatic rings. The molecule has 0 aliphatic heterocycles. The highest BCUT2D eigenvalue weighted by molar-refractivity contribution is 6.01. The largest absolute Gasteiger partial charge is 0.416 e. The summed E-state index contributed by atoms with van der Waals surface area (Å²) in [6.07, 6.45) is -1.77. The summed E-state index contributed by atoms with van der Waals surface area (Å²) in [4.78, 5) is 28.2. The van der Waals surface area contributed by atoms with Crippen LogP contribution in [0.25, 0.3) is 28.0 Å². The molecule has 0 fully saturated rings. The van der Waals surface area contributed by atoms with Crippen LogP contribution < -0.4 is 11.1 Å². The van der Waals surface area contributed by atoms with Crippen molar-refractivity contribution in [2.24, 2.45) is 5.73 Å². The molecule has 0 atom stereocenters. The summed E-state index contributed by atoms with van der Waals surface area (Å²) in [6, 6.07) is 33.6. The van der Waals surface area contributed by atoms with Gasteiger partial charge in [-0.15, -0.1) is 0 Å². The van der Waals surface area contributed by atoms with Gasteiger partial charge in [-0.3, -0.25) is 9.59 Å². The zero-order chi connectivity index (χ0) is 31.8. The second-order valence-electron chi connectivity index (χ2n) is 10.6. The van der Waals surface area contributed by atoms with Gasteiger partial charge in [0, 0.05) is 37.8 Å². The molecule has 0 bridgehead atoms. The Balaban J connectivity index is 1.47. The summed E-state index contributed by atoms with van der Waals surface area (Å²) < 4.78 is 39.8. The SMILES string of the molecule is NCCNC(=O)c1ccccc1-c1cccc(CN(Cc2cccc3ccccc23)C(=O)C=Cc2cccc(C(F)(F)F)c2)c1. The van der Waals surface area contributed by atoms with Crippen LogP contribution in [0.15, 0.2) is 121 Å². The molecule has 0 aromatic heterocycles. The lowest BCUT2D eigenvalue weighted by Gasteiger charge is -2.23. The Bertz CT molecular complexity index is 1840. The Morgan fingerprint density at radius 1 is 0.800 bits per heavy atom. The van der Waals surface area contributed by atoms with Crippen LogP contribution in [0, 0.1) is 0 Å². The third-order valence-electron chi connectivity index (χ3n) is 7.40. The zero-order valence-electron chi connectivity index (χ0n) is 24.4. The van der Waals surface area contributed by atoms with E-state index in [0.29, 0.717) is 18.7 Å². The molecule has 2 amide bonds. The van der Waals surface area contributed by atoms with Gasteiger partial charge in [0.2, 0.25) is 5.91 Å². The maximum Gasteiger partial charge on any atom is 0.416 e. The van der Waals surface area contributed by atoms with Crippen molar-refractivity contribution in [3.8, 4) is 11.1 Å². The molecule has 5 rings (SSSR count). The van der Waals surface area contributed by atoms with Crippen molar-refractivity contribution in [3.63, 3.8) is 0 Å². The fourth-order valence-corrected chi connectivity index (χ4v) is 5.21. The van der Waals surface area contributed by atoms with Crippen LogP contribution in [-0.4, -0.2) is 29.8 Å². The van der Waals surface area contributed by atoms with Gasteiger partial charge in [-0.1, -0.05) is 91.0 Å². The number of hydrogen-bond donors (Lipinski definition) is 2. The zero-order valence-corrected chi connectivity index (χ0v) is 24.4. The summed E-state index contributed by atoms with van der Waals surface area (Å²) in [5.41, 5.74) is 8.88. The molecule has 0 radical (unpaired) electrons. The molecule has 3 N–H and O–H groups in total. The molecule has 0 unspecified atom stereocenters. The first-order chi connectivity index (χ1) is 21.7. The van der Waals surface area contributed by atoms with Crippen molar-refractivity contribution < 1.29 is 22.8 Å². The van der Waals surface area contributed by atoms with E-state index in [0.717, 1.165) is 45.2 Å². The highest BCUT2D eigenvalue weighted by Gasteiger charge is 2.30. The van der Waals surface area contributed by atoms with Gasteiger partial charge in [-0.25, -0.2) is 0 Å². The molecule has 8 heteroatoms. The number of rotatable bonds is 10. The minimum Gasteiger partial charge on any atom is -0.351 e. The van der Waals surface area contributed by atoms with Gasteiger partial charge in [-0.05, 0) is 68.9 Å². The Morgan fingerprint density at radius 3 is 2.36 bits per heavy atom. The lowest BCUT2D eigenvalue weighted by Crippen LogP contribution is -2.29. The summed E-state index contributed by atoms with van der Waals surface area (Å²) in [5, 5.41) is 4.86. The van der Waals surface area contributed by atoms with E-state index in [9.17, 15) is 22.8 Å². The number of carbonyl (C=O) groups excluding carboxylic acids is 2. The van der Waals surface area contributed by atoms with Crippen LogP contribution in [0.2, 0.25) is 0 Å². The number of carbonyl (C=O) groups is 2. The Hall–Kier alpha value is -5.21. The van der Waals surface area contributed by atoms with Crippen molar-refractivity contribution in [3.05, 3.63) is 149 Å². The van der Waals surface area contributed by atoms with Crippen molar-refractivity contribution in [1.29, 1.82) is 0 Å². The molecular formula is C37H32F3N3O2. The van der Waals surface area contributed by atoms with E-state index in [4.69, 9.17) is 5.73 Å². The van der Waals surface area contributed by atoms with Gasteiger partial charge in [-0.2, -0.15) is 13.2 Å². The average molecular weight is 608 g/mol. The summed E-state index contributed by atoms with van der Waals surface area (Å²) >= 11 is 0. The first kappa shape index (κ1) is 31.2. The normalized spacial score (nSPS) is 11.6. The number of alkyl halides is 3. The van der Waals surface area contributed by atoms with Crippen LogP contribution in [-0.2, 0) is 24.1 Å². The molecule has 228 valence electrons. The van der Waals surface area contributed by atoms with Gasteiger partial charge in [0.25, 0.3) is 5.91 Å². The molecule has 5 nitrogen and oxygen atoms in total. The van der Waals surface area contributed by atoms with Crippen molar-refractivity contribution in [2.45, 2.75) is 19.3 Å². The number of nitrogens with two attached hydrogens (primary N) is 1.